The van der Waals surface area contributed by atoms with Crippen molar-refractivity contribution >= 4 is 38.4 Å². The highest BCUT2D eigenvalue weighted by Crippen LogP contribution is 2.30. The molecule has 5 aromatic rings. The molecule has 0 aliphatic carbocycles. The maximum atomic E-state index is 13.5. The number of nitrogens with one attached hydrogen (secondary N) is 1. The first-order valence-electron chi connectivity index (χ1n) is 12.0. The number of hydrogen-bond acceptors (Lipinski definition) is 8. The normalized spacial score (nSPS) is 12.5. The molecule has 1 N–H and O–H groups in total. The maximum Gasteiger partial charge on any atom is 0.269 e. The van der Waals surface area contributed by atoms with Gasteiger partial charge in [0.15, 0.2) is 11.0 Å². The number of sulfonamides is 1. The zero-order valence-corrected chi connectivity index (χ0v) is 22.7. The molecule has 0 fully saturated rings. The number of hydrogen-bond donors (Lipinski definition) is 1. The van der Waals surface area contributed by atoms with E-state index in [4.69, 9.17) is 0 Å². The summed E-state index contributed by atoms with van der Waals surface area (Å²) < 4.78 is 31.3. The van der Waals surface area contributed by atoms with Gasteiger partial charge in [-0.3, -0.25) is 19.7 Å². The number of nitro groups is 1. The van der Waals surface area contributed by atoms with E-state index in [0.717, 1.165) is 11.1 Å². The van der Waals surface area contributed by atoms with Gasteiger partial charge in [-0.15, -0.1) is 10.2 Å². The fraction of sp³-hybridized carbons (Fsp3) is 0.148. The lowest BCUT2D eigenvalue weighted by atomic mass is 10.2. The van der Waals surface area contributed by atoms with Gasteiger partial charge < -0.3 is 0 Å². The van der Waals surface area contributed by atoms with Gasteiger partial charge in [-0.05, 0) is 43.7 Å². The number of benzene rings is 3. The second-order valence-corrected chi connectivity index (χ2v) is 11.5. The fourth-order valence-electron chi connectivity index (χ4n) is 4.21. The van der Waals surface area contributed by atoms with Gasteiger partial charge >= 0.3 is 0 Å². The lowest BCUT2D eigenvalue weighted by molar-refractivity contribution is -0.384. The summed E-state index contributed by atoms with van der Waals surface area (Å²) in [6, 6.07) is 21.8. The molecule has 0 amide bonds. The molecule has 1 atom stereocenters. The number of thioether (sulfide) groups is 1. The molecule has 0 saturated carbocycles. The first-order chi connectivity index (χ1) is 18.7. The summed E-state index contributed by atoms with van der Waals surface area (Å²) in [5.74, 6) is 0.946. The Morgan fingerprint density at radius 2 is 1.77 bits per heavy atom. The lowest BCUT2D eigenvalue weighted by Crippen LogP contribution is -2.29. The average molecular weight is 561 g/mol. The minimum atomic E-state index is -3.99. The monoisotopic (exact) mass is 560 g/mol. The van der Waals surface area contributed by atoms with Crippen molar-refractivity contribution in [3.05, 3.63) is 112 Å². The molecule has 2 aromatic heterocycles. The van der Waals surface area contributed by atoms with E-state index in [1.807, 2.05) is 25.1 Å². The van der Waals surface area contributed by atoms with Crippen molar-refractivity contribution in [2.45, 2.75) is 35.7 Å². The Morgan fingerprint density at radius 3 is 2.51 bits per heavy atom. The number of fused-ring (bicyclic) bond motifs is 1. The highest BCUT2D eigenvalue weighted by Gasteiger charge is 2.26. The summed E-state index contributed by atoms with van der Waals surface area (Å²) in [5.41, 5.74) is 3.12. The Labute approximate surface area is 229 Å². The van der Waals surface area contributed by atoms with Gasteiger partial charge in [0.25, 0.3) is 5.69 Å². The Morgan fingerprint density at radius 1 is 1.03 bits per heavy atom. The van der Waals surface area contributed by atoms with Crippen LogP contribution in [0.25, 0.3) is 16.6 Å². The molecule has 1 unspecified atom stereocenters. The Kier molecular flexibility index (Phi) is 7.42. The van der Waals surface area contributed by atoms with Gasteiger partial charge in [-0.1, -0.05) is 59.8 Å². The van der Waals surface area contributed by atoms with Crippen LogP contribution in [0.3, 0.4) is 0 Å². The van der Waals surface area contributed by atoms with E-state index in [1.54, 1.807) is 54.1 Å². The number of nitro benzene ring substituents is 1. The number of aryl methyl sites for hydroxylation is 1. The Balaban J connectivity index is 1.50. The van der Waals surface area contributed by atoms with E-state index in [1.165, 1.54) is 30.0 Å². The number of pyridine rings is 1. The van der Waals surface area contributed by atoms with Crippen molar-refractivity contribution in [3.8, 4) is 5.69 Å². The van der Waals surface area contributed by atoms with Crippen LogP contribution in [0.1, 0.15) is 29.9 Å². The summed E-state index contributed by atoms with van der Waals surface area (Å²) >= 11 is 1.44. The summed E-state index contributed by atoms with van der Waals surface area (Å²) in [6.07, 6.45) is 1.55. The van der Waals surface area contributed by atoms with Crippen molar-refractivity contribution in [2.75, 3.05) is 0 Å². The van der Waals surface area contributed by atoms with Gasteiger partial charge in [0.1, 0.15) is 4.90 Å². The molecule has 39 heavy (non-hydrogen) atoms. The van der Waals surface area contributed by atoms with Gasteiger partial charge in [0.05, 0.1) is 16.5 Å². The highest BCUT2D eigenvalue weighted by molar-refractivity contribution is 7.98. The van der Waals surface area contributed by atoms with Crippen LogP contribution in [-0.2, 0) is 15.8 Å². The first kappa shape index (κ1) is 26.5. The van der Waals surface area contributed by atoms with Crippen LogP contribution in [0.4, 0.5) is 5.69 Å². The van der Waals surface area contributed by atoms with Crippen LogP contribution in [0, 0.1) is 17.0 Å². The third-order valence-electron chi connectivity index (χ3n) is 6.03. The minimum absolute atomic E-state index is 0.0560. The van der Waals surface area contributed by atoms with Gasteiger partial charge in [0, 0.05) is 35.2 Å². The molecule has 10 nitrogen and oxygen atoms in total. The number of para-hydroxylation sites is 1. The fourth-order valence-corrected chi connectivity index (χ4v) is 6.50. The van der Waals surface area contributed by atoms with Crippen molar-refractivity contribution in [1.29, 1.82) is 0 Å². The van der Waals surface area contributed by atoms with E-state index in [2.05, 4.69) is 26.0 Å². The first-order valence-corrected chi connectivity index (χ1v) is 14.4. The van der Waals surface area contributed by atoms with E-state index in [0.29, 0.717) is 33.3 Å². The largest absolute Gasteiger partial charge is 0.273 e. The van der Waals surface area contributed by atoms with E-state index < -0.39 is 21.0 Å². The van der Waals surface area contributed by atoms with Gasteiger partial charge in [0.2, 0.25) is 10.0 Å². The molecular formula is C27H24N6O4S2. The van der Waals surface area contributed by atoms with E-state index >= 15 is 0 Å². The number of aromatic nitrogens is 4. The predicted octanol–water partition coefficient (Wildman–Crippen LogP) is 5.36. The second-order valence-electron chi connectivity index (χ2n) is 8.90. The smallest absolute Gasteiger partial charge is 0.269 e. The number of nitrogens with zero attached hydrogens (tertiary/aromatic N) is 5. The molecule has 0 bridgehead atoms. The van der Waals surface area contributed by atoms with Gasteiger partial charge in [-0.2, -0.15) is 0 Å². The molecule has 0 saturated heterocycles. The minimum Gasteiger partial charge on any atom is -0.273 e. The zero-order chi connectivity index (χ0) is 27.6. The molecule has 5 rings (SSSR count). The number of rotatable bonds is 9. The molecule has 198 valence electrons. The molecule has 2 heterocycles. The van der Waals surface area contributed by atoms with Crippen LogP contribution in [0.15, 0.2) is 95.1 Å². The van der Waals surface area contributed by atoms with Crippen LogP contribution in [0.5, 0.6) is 0 Å². The molecule has 0 aliphatic rings. The quantitative estimate of drug-likeness (QED) is 0.145. The zero-order valence-electron chi connectivity index (χ0n) is 21.1. The standard InChI is InChI=1S/C27H24N6O4S2/c1-18-6-3-7-20(16-18)17-38-27-30-29-26(32(27)22-11-13-23(14-12-22)33(34)35)19(2)31-39(36,37)24-10-4-8-21-9-5-15-28-25(21)24/h3-16,19,31H,17H2,1-2H3. The molecule has 0 radical (unpaired) electrons. The Hall–Kier alpha value is -4.13. The third kappa shape index (κ3) is 5.67. The van der Waals surface area contributed by atoms with Crippen molar-refractivity contribution < 1.29 is 13.3 Å². The van der Waals surface area contributed by atoms with Crippen molar-refractivity contribution in [2.24, 2.45) is 0 Å². The average Bonchev–Trinajstić information content (AvgIpc) is 3.35. The summed E-state index contributed by atoms with van der Waals surface area (Å²) in [6.45, 7) is 3.70. The molecule has 0 spiro atoms. The summed E-state index contributed by atoms with van der Waals surface area (Å²) in [5, 5.41) is 21.1. The highest BCUT2D eigenvalue weighted by atomic mass is 32.2. The van der Waals surface area contributed by atoms with Crippen LogP contribution in [0.2, 0.25) is 0 Å². The van der Waals surface area contributed by atoms with Crippen LogP contribution < -0.4 is 4.72 Å². The summed E-state index contributed by atoms with van der Waals surface area (Å²) in [7, 11) is -3.99. The van der Waals surface area contributed by atoms with Crippen LogP contribution in [-0.4, -0.2) is 33.1 Å². The molecular weight excluding hydrogens is 536 g/mol. The lowest BCUT2D eigenvalue weighted by Gasteiger charge is -2.17. The van der Waals surface area contributed by atoms with Crippen molar-refractivity contribution in [1.82, 2.24) is 24.5 Å². The third-order valence-corrected chi connectivity index (χ3v) is 8.60. The van der Waals surface area contributed by atoms with Gasteiger partial charge in [-0.25, -0.2) is 13.1 Å². The molecule has 0 aliphatic heterocycles. The maximum absolute atomic E-state index is 13.5. The number of non-ortho nitro benzene ring substituents is 1. The van der Waals surface area contributed by atoms with Crippen LogP contribution >= 0.6 is 11.8 Å². The predicted molar refractivity (Wildman–Crippen MR) is 149 cm³/mol. The topological polar surface area (TPSA) is 133 Å². The molecule has 12 heteroatoms. The van der Waals surface area contributed by atoms with Crippen molar-refractivity contribution in [3.63, 3.8) is 0 Å². The molecule has 3 aromatic carbocycles. The SMILES string of the molecule is Cc1cccc(CSc2nnc(C(C)NS(=O)(=O)c3cccc4cccnc34)n2-c2ccc([N+](=O)[O-])cc2)c1. The van der Waals surface area contributed by atoms with E-state index in [9.17, 15) is 18.5 Å². The summed E-state index contributed by atoms with van der Waals surface area (Å²) in [4.78, 5) is 15.1. The van der Waals surface area contributed by atoms with E-state index in [-0.39, 0.29) is 10.6 Å². The second kappa shape index (κ2) is 10.9. The Bertz CT molecular complexity index is 1770.